The van der Waals surface area contributed by atoms with E-state index >= 15 is 0 Å². The SMILES string of the molecule is CNC(C)C(=O)Nc1ccc(-c2c(C)nc3ccccn23)c(C#Cc2ccc3c(c2)CCO3)n1. The molecule has 34 heavy (non-hydrogen) atoms. The number of rotatable bonds is 4. The van der Waals surface area contributed by atoms with E-state index in [1.807, 2.05) is 53.9 Å². The number of fused-ring (bicyclic) bond motifs is 2. The third kappa shape index (κ3) is 4.12. The first-order chi connectivity index (χ1) is 16.5. The fraction of sp³-hybridized carbons (Fsp3) is 0.222. The number of amides is 1. The maximum atomic E-state index is 12.4. The molecule has 1 aromatic carbocycles. The summed E-state index contributed by atoms with van der Waals surface area (Å²) in [6, 6.07) is 15.3. The highest BCUT2D eigenvalue weighted by Gasteiger charge is 2.17. The molecule has 0 fully saturated rings. The summed E-state index contributed by atoms with van der Waals surface area (Å²) < 4.78 is 7.64. The van der Waals surface area contributed by atoms with Crippen LogP contribution in [0.4, 0.5) is 5.82 Å². The molecule has 4 aromatic rings. The van der Waals surface area contributed by atoms with Gasteiger partial charge in [0.05, 0.1) is 24.0 Å². The van der Waals surface area contributed by atoms with E-state index in [2.05, 4.69) is 33.5 Å². The maximum absolute atomic E-state index is 12.4. The average Bonchev–Trinajstić information content (AvgIpc) is 3.45. The summed E-state index contributed by atoms with van der Waals surface area (Å²) >= 11 is 0. The van der Waals surface area contributed by atoms with Crippen LogP contribution < -0.4 is 15.4 Å². The van der Waals surface area contributed by atoms with Crippen LogP contribution in [-0.4, -0.2) is 40.0 Å². The molecule has 5 rings (SSSR count). The van der Waals surface area contributed by atoms with Crippen LogP contribution >= 0.6 is 0 Å². The lowest BCUT2D eigenvalue weighted by atomic mass is 10.1. The molecule has 170 valence electrons. The van der Waals surface area contributed by atoms with Crippen LogP contribution in [0.5, 0.6) is 5.75 Å². The largest absolute Gasteiger partial charge is 0.493 e. The molecule has 0 radical (unpaired) electrons. The van der Waals surface area contributed by atoms with E-state index < -0.39 is 0 Å². The number of hydrogen-bond acceptors (Lipinski definition) is 5. The fourth-order valence-corrected chi connectivity index (χ4v) is 4.01. The van der Waals surface area contributed by atoms with E-state index in [1.54, 1.807) is 20.0 Å². The zero-order valence-electron chi connectivity index (χ0n) is 19.3. The lowest BCUT2D eigenvalue weighted by Gasteiger charge is -2.12. The molecule has 0 aliphatic carbocycles. The van der Waals surface area contributed by atoms with Gasteiger partial charge in [-0.05, 0) is 74.8 Å². The van der Waals surface area contributed by atoms with E-state index in [9.17, 15) is 4.79 Å². The number of pyridine rings is 2. The number of nitrogens with zero attached hydrogens (tertiary/aromatic N) is 3. The van der Waals surface area contributed by atoms with E-state index in [-0.39, 0.29) is 11.9 Å². The van der Waals surface area contributed by atoms with Crippen molar-refractivity contribution in [3.63, 3.8) is 0 Å². The van der Waals surface area contributed by atoms with E-state index in [4.69, 9.17) is 9.72 Å². The van der Waals surface area contributed by atoms with Crippen molar-refractivity contribution in [2.45, 2.75) is 26.3 Å². The second-order valence-electron chi connectivity index (χ2n) is 8.24. The highest BCUT2D eigenvalue weighted by Crippen LogP contribution is 2.29. The molecule has 7 nitrogen and oxygen atoms in total. The maximum Gasteiger partial charge on any atom is 0.242 e. The monoisotopic (exact) mass is 451 g/mol. The zero-order chi connectivity index (χ0) is 23.7. The summed E-state index contributed by atoms with van der Waals surface area (Å²) in [6.45, 7) is 4.48. The molecule has 1 aliphatic heterocycles. The number of nitrogens with one attached hydrogen (secondary N) is 2. The van der Waals surface area contributed by atoms with Crippen LogP contribution in [0.3, 0.4) is 0 Å². The van der Waals surface area contributed by atoms with Crippen molar-refractivity contribution in [3.05, 3.63) is 77.2 Å². The summed E-state index contributed by atoms with van der Waals surface area (Å²) in [5.74, 6) is 7.72. The molecule has 2 N–H and O–H groups in total. The Morgan fingerprint density at radius 1 is 1.15 bits per heavy atom. The van der Waals surface area contributed by atoms with E-state index in [0.717, 1.165) is 40.3 Å². The highest BCUT2D eigenvalue weighted by molar-refractivity contribution is 5.94. The molecule has 1 unspecified atom stereocenters. The minimum Gasteiger partial charge on any atom is -0.493 e. The van der Waals surface area contributed by atoms with Crippen molar-refractivity contribution in [2.24, 2.45) is 0 Å². The molecule has 0 saturated heterocycles. The lowest BCUT2D eigenvalue weighted by molar-refractivity contribution is -0.117. The number of ether oxygens (including phenoxy) is 1. The first-order valence-electron chi connectivity index (χ1n) is 11.2. The Bertz CT molecular complexity index is 1460. The van der Waals surface area contributed by atoms with Crippen LogP contribution in [0.1, 0.15) is 29.4 Å². The molecule has 1 aliphatic rings. The summed E-state index contributed by atoms with van der Waals surface area (Å²) in [5.41, 5.74) is 6.15. The third-order valence-electron chi connectivity index (χ3n) is 5.95. The Balaban J connectivity index is 1.60. The van der Waals surface area contributed by atoms with Gasteiger partial charge in [-0.2, -0.15) is 0 Å². The van der Waals surface area contributed by atoms with Crippen LogP contribution in [0.2, 0.25) is 0 Å². The number of anilines is 1. The third-order valence-corrected chi connectivity index (χ3v) is 5.95. The van der Waals surface area contributed by atoms with Gasteiger partial charge in [-0.15, -0.1) is 0 Å². The van der Waals surface area contributed by atoms with Crippen molar-refractivity contribution in [1.29, 1.82) is 0 Å². The van der Waals surface area contributed by atoms with Crippen molar-refractivity contribution in [3.8, 4) is 28.8 Å². The van der Waals surface area contributed by atoms with Crippen LogP contribution in [0.25, 0.3) is 16.9 Å². The topological polar surface area (TPSA) is 80.6 Å². The van der Waals surface area contributed by atoms with Gasteiger partial charge in [-0.1, -0.05) is 12.0 Å². The highest BCUT2D eigenvalue weighted by atomic mass is 16.5. The van der Waals surface area contributed by atoms with Gasteiger partial charge >= 0.3 is 0 Å². The summed E-state index contributed by atoms with van der Waals surface area (Å²) in [6.07, 6.45) is 2.87. The number of carbonyl (C=O) groups is 1. The molecular formula is C27H25N5O2. The molecule has 0 saturated carbocycles. The Morgan fingerprint density at radius 2 is 2.03 bits per heavy atom. The van der Waals surface area contributed by atoms with E-state index in [1.165, 1.54) is 5.56 Å². The van der Waals surface area contributed by atoms with Crippen molar-refractivity contribution >= 4 is 17.4 Å². The fourth-order valence-electron chi connectivity index (χ4n) is 4.01. The number of carbonyl (C=O) groups excluding carboxylic acids is 1. The number of likely N-dealkylation sites (N-methyl/N-ethyl adjacent to an activating group) is 1. The summed E-state index contributed by atoms with van der Waals surface area (Å²) in [5, 5.41) is 5.81. The Hall–Kier alpha value is -4.15. The number of benzene rings is 1. The Kier molecular flexibility index (Phi) is 5.74. The summed E-state index contributed by atoms with van der Waals surface area (Å²) in [4.78, 5) is 21.8. The van der Waals surface area contributed by atoms with Crippen LogP contribution in [-0.2, 0) is 11.2 Å². The first kappa shape index (κ1) is 21.7. The quantitative estimate of drug-likeness (QED) is 0.464. The molecule has 1 amide bonds. The van der Waals surface area contributed by atoms with Crippen LogP contribution in [0, 0.1) is 18.8 Å². The van der Waals surface area contributed by atoms with Gasteiger partial charge in [0.15, 0.2) is 0 Å². The predicted octanol–water partition coefficient (Wildman–Crippen LogP) is 3.59. The zero-order valence-corrected chi connectivity index (χ0v) is 19.3. The number of imidazole rings is 1. The molecule has 0 spiro atoms. The van der Waals surface area contributed by atoms with Gasteiger partial charge in [-0.25, -0.2) is 9.97 Å². The van der Waals surface area contributed by atoms with Crippen molar-refractivity contribution in [1.82, 2.24) is 19.7 Å². The number of aromatic nitrogens is 3. The minimum atomic E-state index is -0.342. The van der Waals surface area contributed by atoms with Gasteiger partial charge in [0, 0.05) is 23.7 Å². The number of hydrogen-bond donors (Lipinski definition) is 2. The van der Waals surface area contributed by atoms with E-state index in [0.29, 0.717) is 18.1 Å². The molecule has 7 heteroatoms. The van der Waals surface area contributed by atoms with Gasteiger partial charge in [0.1, 0.15) is 22.9 Å². The standard InChI is InChI=1S/C27H25N5O2/c1-17-26(32-14-5-4-6-25(32)29-17)21-9-12-24(31-27(33)18(2)28-3)30-22(21)10-7-19-8-11-23-20(16-19)13-15-34-23/h4-6,8-9,11-12,14,16,18,28H,13,15H2,1-3H3,(H,30,31,33). The van der Waals surface area contributed by atoms with Gasteiger partial charge < -0.3 is 15.4 Å². The molecular weight excluding hydrogens is 426 g/mol. The molecule has 1 atom stereocenters. The Labute approximate surface area is 198 Å². The second kappa shape index (κ2) is 9.00. The van der Waals surface area contributed by atoms with Gasteiger partial charge in [-0.3, -0.25) is 9.20 Å². The normalized spacial score (nSPS) is 13.0. The molecule has 0 bridgehead atoms. The van der Waals surface area contributed by atoms with Gasteiger partial charge in [0.2, 0.25) is 5.91 Å². The van der Waals surface area contributed by atoms with Crippen molar-refractivity contribution < 1.29 is 9.53 Å². The minimum absolute atomic E-state index is 0.161. The molecule has 4 heterocycles. The predicted molar refractivity (Wildman–Crippen MR) is 132 cm³/mol. The van der Waals surface area contributed by atoms with Crippen LogP contribution in [0.15, 0.2) is 54.7 Å². The first-order valence-corrected chi connectivity index (χ1v) is 11.2. The van der Waals surface area contributed by atoms with Crippen molar-refractivity contribution in [2.75, 3.05) is 19.0 Å². The summed E-state index contributed by atoms with van der Waals surface area (Å²) in [7, 11) is 1.74. The average molecular weight is 452 g/mol. The second-order valence-corrected chi connectivity index (χ2v) is 8.24. The molecule has 3 aromatic heterocycles. The lowest BCUT2D eigenvalue weighted by Crippen LogP contribution is -2.35. The van der Waals surface area contributed by atoms with Gasteiger partial charge in [0.25, 0.3) is 0 Å². The smallest absolute Gasteiger partial charge is 0.242 e. The Morgan fingerprint density at radius 3 is 2.88 bits per heavy atom. The number of aryl methyl sites for hydroxylation is 1.